The number of hydrogen-bond acceptors (Lipinski definition) is 4. The van der Waals surface area contributed by atoms with Crippen molar-refractivity contribution in [3.63, 3.8) is 0 Å². The van der Waals surface area contributed by atoms with E-state index in [2.05, 4.69) is 10.4 Å². The first kappa shape index (κ1) is 17.7. The Balaban J connectivity index is 1.91. The second-order valence-corrected chi connectivity index (χ2v) is 6.81. The van der Waals surface area contributed by atoms with Crippen molar-refractivity contribution in [3.8, 4) is 5.69 Å². The lowest BCUT2D eigenvalue weighted by Gasteiger charge is -2.32. The predicted molar refractivity (Wildman–Crippen MR) is 95.4 cm³/mol. The van der Waals surface area contributed by atoms with Crippen molar-refractivity contribution in [1.29, 1.82) is 0 Å². The summed E-state index contributed by atoms with van der Waals surface area (Å²) in [6.07, 6.45) is 5.34. The summed E-state index contributed by atoms with van der Waals surface area (Å²) < 4.78 is 1.89. The number of aryl methyl sites for hydroxylation is 1. The molecule has 1 amide bonds. The van der Waals surface area contributed by atoms with Crippen LogP contribution in [0.4, 0.5) is 4.79 Å². The van der Waals surface area contributed by atoms with E-state index in [1.165, 1.54) is 6.42 Å². The molecule has 1 heterocycles. The predicted octanol–water partition coefficient (Wildman–Crippen LogP) is 3.01. The highest BCUT2D eigenvalue weighted by atomic mass is 35.5. The summed E-state index contributed by atoms with van der Waals surface area (Å²) in [5.74, 6) is 0. The van der Waals surface area contributed by atoms with Crippen molar-refractivity contribution in [2.75, 3.05) is 6.54 Å². The van der Waals surface area contributed by atoms with Crippen molar-refractivity contribution >= 4 is 17.6 Å². The lowest BCUT2D eigenvalue weighted by molar-refractivity contribution is 0.157. The van der Waals surface area contributed by atoms with E-state index in [4.69, 9.17) is 11.6 Å². The molecule has 7 nitrogen and oxygen atoms in total. The molecule has 8 heteroatoms. The first-order valence-corrected chi connectivity index (χ1v) is 9.03. The van der Waals surface area contributed by atoms with Crippen molar-refractivity contribution in [1.82, 2.24) is 24.7 Å². The van der Waals surface area contributed by atoms with Crippen LogP contribution in [0, 0.1) is 6.92 Å². The van der Waals surface area contributed by atoms with Gasteiger partial charge in [0.2, 0.25) is 0 Å². The highest BCUT2D eigenvalue weighted by molar-refractivity contribution is 6.32. The van der Waals surface area contributed by atoms with Crippen LogP contribution < -0.4 is 5.69 Å². The SMILES string of the molecule is CCN(C(=O)n1nnn(-c2ccc(C)cc2Cl)c1=O)C1CCCCC1. The Hall–Kier alpha value is -2.15. The van der Waals surface area contributed by atoms with Crippen LogP contribution in [-0.2, 0) is 0 Å². The van der Waals surface area contributed by atoms with E-state index in [1.54, 1.807) is 17.0 Å². The van der Waals surface area contributed by atoms with E-state index >= 15 is 0 Å². The summed E-state index contributed by atoms with van der Waals surface area (Å²) in [5.41, 5.74) is 0.779. The van der Waals surface area contributed by atoms with Crippen LogP contribution in [-0.4, -0.2) is 43.3 Å². The molecule has 0 saturated heterocycles. The van der Waals surface area contributed by atoms with Crippen LogP contribution in [0.5, 0.6) is 0 Å². The molecule has 1 saturated carbocycles. The summed E-state index contributed by atoms with van der Waals surface area (Å²) in [6.45, 7) is 4.36. The number of hydrogen-bond donors (Lipinski definition) is 0. The summed E-state index contributed by atoms with van der Waals surface area (Å²) in [4.78, 5) is 27.2. The third-order valence-electron chi connectivity index (χ3n) is 4.70. The Morgan fingerprint density at radius 1 is 1.28 bits per heavy atom. The number of carbonyl (C=O) groups is 1. The molecule has 0 spiro atoms. The minimum absolute atomic E-state index is 0.159. The van der Waals surface area contributed by atoms with E-state index < -0.39 is 11.7 Å². The monoisotopic (exact) mass is 363 g/mol. The fourth-order valence-corrected chi connectivity index (χ4v) is 3.68. The van der Waals surface area contributed by atoms with E-state index in [0.29, 0.717) is 17.3 Å². The van der Waals surface area contributed by atoms with E-state index in [-0.39, 0.29) is 6.04 Å². The third-order valence-corrected chi connectivity index (χ3v) is 5.00. The molecule has 1 aliphatic rings. The Kier molecular flexibility index (Phi) is 5.22. The van der Waals surface area contributed by atoms with Crippen molar-refractivity contribution in [3.05, 3.63) is 39.3 Å². The first-order chi connectivity index (χ1) is 12.0. The van der Waals surface area contributed by atoms with Gasteiger partial charge in [-0.25, -0.2) is 9.59 Å². The largest absolute Gasteiger partial charge is 0.377 e. The zero-order valence-electron chi connectivity index (χ0n) is 14.5. The van der Waals surface area contributed by atoms with Gasteiger partial charge < -0.3 is 4.90 Å². The maximum absolute atomic E-state index is 12.8. The molecule has 1 aromatic carbocycles. The lowest BCUT2D eigenvalue weighted by atomic mass is 9.94. The number of tetrazole rings is 1. The number of carbonyl (C=O) groups excluding carboxylic acids is 1. The van der Waals surface area contributed by atoms with Crippen LogP contribution >= 0.6 is 11.6 Å². The topological polar surface area (TPSA) is 73.0 Å². The molecular formula is C17H22ClN5O2. The number of amides is 1. The summed E-state index contributed by atoms with van der Waals surface area (Å²) in [6, 6.07) is 5.00. The molecule has 0 bridgehead atoms. The number of aromatic nitrogens is 4. The molecule has 3 rings (SSSR count). The van der Waals surface area contributed by atoms with Crippen LogP contribution in [0.25, 0.3) is 5.69 Å². The van der Waals surface area contributed by atoms with Crippen LogP contribution in [0.2, 0.25) is 5.02 Å². The fourth-order valence-electron chi connectivity index (χ4n) is 3.37. The quantitative estimate of drug-likeness (QED) is 0.786. The Morgan fingerprint density at radius 3 is 2.64 bits per heavy atom. The Morgan fingerprint density at radius 2 is 2.00 bits per heavy atom. The maximum Gasteiger partial charge on any atom is 0.377 e. The lowest BCUT2D eigenvalue weighted by Crippen LogP contribution is -2.46. The minimum atomic E-state index is -0.606. The summed E-state index contributed by atoms with van der Waals surface area (Å²) >= 11 is 6.20. The van der Waals surface area contributed by atoms with Crippen LogP contribution in [0.3, 0.4) is 0 Å². The second kappa shape index (κ2) is 7.39. The second-order valence-electron chi connectivity index (χ2n) is 6.40. The Bertz CT molecular complexity index is 823. The van der Waals surface area contributed by atoms with Gasteiger partial charge in [-0.15, -0.1) is 4.68 Å². The van der Waals surface area contributed by atoms with Gasteiger partial charge in [-0.2, -0.15) is 4.68 Å². The number of benzene rings is 1. The number of rotatable bonds is 3. The summed E-state index contributed by atoms with van der Waals surface area (Å²) in [7, 11) is 0. The average Bonchev–Trinajstić information content (AvgIpc) is 2.98. The molecule has 1 aliphatic carbocycles. The fraction of sp³-hybridized carbons (Fsp3) is 0.529. The average molecular weight is 364 g/mol. The van der Waals surface area contributed by atoms with Crippen molar-refractivity contribution < 1.29 is 4.79 Å². The third kappa shape index (κ3) is 3.46. The molecule has 2 aromatic rings. The molecule has 134 valence electrons. The van der Waals surface area contributed by atoms with Gasteiger partial charge in [0.15, 0.2) is 0 Å². The summed E-state index contributed by atoms with van der Waals surface area (Å²) in [5, 5.41) is 8.02. The first-order valence-electron chi connectivity index (χ1n) is 8.65. The van der Waals surface area contributed by atoms with Gasteiger partial charge in [0.1, 0.15) is 0 Å². The number of nitrogens with zero attached hydrogens (tertiary/aromatic N) is 5. The molecule has 25 heavy (non-hydrogen) atoms. The minimum Gasteiger partial charge on any atom is -0.320 e. The van der Waals surface area contributed by atoms with Gasteiger partial charge in [-0.05, 0) is 54.8 Å². The van der Waals surface area contributed by atoms with Gasteiger partial charge in [-0.3, -0.25) is 0 Å². The van der Waals surface area contributed by atoms with Gasteiger partial charge >= 0.3 is 11.7 Å². The molecular weight excluding hydrogens is 342 g/mol. The molecule has 0 unspecified atom stereocenters. The van der Waals surface area contributed by atoms with Crippen molar-refractivity contribution in [2.45, 2.75) is 52.0 Å². The van der Waals surface area contributed by atoms with Gasteiger partial charge in [0.05, 0.1) is 10.7 Å². The van der Waals surface area contributed by atoms with Gasteiger partial charge in [0, 0.05) is 12.6 Å². The van der Waals surface area contributed by atoms with E-state index in [0.717, 1.165) is 40.6 Å². The Labute approximate surface area is 151 Å². The highest BCUT2D eigenvalue weighted by Crippen LogP contribution is 2.23. The smallest absolute Gasteiger partial charge is 0.320 e. The van der Waals surface area contributed by atoms with Gasteiger partial charge in [0.25, 0.3) is 0 Å². The molecule has 0 aliphatic heterocycles. The molecule has 0 radical (unpaired) electrons. The standard InChI is InChI=1S/C17H22ClN5O2/c1-3-21(13-7-5-4-6-8-13)16(24)23-17(25)22(19-20-23)15-10-9-12(2)11-14(15)18/h9-11,13H,3-8H2,1-2H3. The van der Waals surface area contributed by atoms with Crippen molar-refractivity contribution in [2.24, 2.45) is 0 Å². The van der Waals surface area contributed by atoms with Crippen LogP contribution in [0.1, 0.15) is 44.6 Å². The molecule has 0 N–H and O–H groups in total. The number of halogens is 1. The zero-order chi connectivity index (χ0) is 18.0. The van der Waals surface area contributed by atoms with E-state index in [9.17, 15) is 9.59 Å². The molecule has 1 fully saturated rings. The maximum atomic E-state index is 12.8. The highest BCUT2D eigenvalue weighted by Gasteiger charge is 2.28. The molecule has 1 aromatic heterocycles. The zero-order valence-corrected chi connectivity index (χ0v) is 15.2. The molecule has 0 atom stereocenters. The normalized spacial score (nSPS) is 15.3. The van der Waals surface area contributed by atoms with Crippen LogP contribution in [0.15, 0.2) is 23.0 Å². The van der Waals surface area contributed by atoms with Gasteiger partial charge in [-0.1, -0.05) is 36.9 Å². The van der Waals surface area contributed by atoms with E-state index in [1.807, 2.05) is 19.9 Å².